The standard InChI is InChI=1S/C14H22N2/c1-4-6-16-14(12-8-11(12)3)13-9-15-7-5-10(13)2/h5,7,9,11-12,14,16H,4,6,8H2,1-3H3. The summed E-state index contributed by atoms with van der Waals surface area (Å²) in [5.74, 6) is 1.68. The van der Waals surface area contributed by atoms with Crippen molar-refractivity contribution in [2.24, 2.45) is 11.8 Å². The molecule has 3 atom stereocenters. The van der Waals surface area contributed by atoms with E-state index in [2.05, 4.69) is 37.1 Å². The van der Waals surface area contributed by atoms with E-state index in [0.717, 1.165) is 18.4 Å². The molecule has 1 aromatic rings. The molecule has 16 heavy (non-hydrogen) atoms. The second kappa shape index (κ2) is 4.96. The first-order valence-electron chi connectivity index (χ1n) is 6.38. The Kier molecular flexibility index (Phi) is 3.59. The van der Waals surface area contributed by atoms with Crippen LogP contribution < -0.4 is 5.32 Å². The zero-order valence-electron chi connectivity index (χ0n) is 10.5. The number of rotatable bonds is 5. The summed E-state index contributed by atoms with van der Waals surface area (Å²) in [4.78, 5) is 4.27. The van der Waals surface area contributed by atoms with Crippen molar-refractivity contribution in [1.29, 1.82) is 0 Å². The second-order valence-corrected chi connectivity index (χ2v) is 5.04. The van der Waals surface area contributed by atoms with Crippen LogP contribution >= 0.6 is 0 Å². The number of hydrogen-bond acceptors (Lipinski definition) is 2. The highest BCUT2D eigenvalue weighted by atomic mass is 14.9. The predicted molar refractivity (Wildman–Crippen MR) is 67.3 cm³/mol. The van der Waals surface area contributed by atoms with Crippen LogP contribution in [0.2, 0.25) is 0 Å². The van der Waals surface area contributed by atoms with Gasteiger partial charge in [0.25, 0.3) is 0 Å². The molecule has 0 aliphatic heterocycles. The molecular formula is C14H22N2. The Hall–Kier alpha value is -0.890. The lowest BCUT2D eigenvalue weighted by atomic mass is 9.98. The van der Waals surface area contributed by atoms with Gasteiger partial charge in [0, 0.05) is 18.4 Å². The Morgan fingerprint density at radius 1 is 1.56 bits per heavy atom. The van der Waals surface area contributed by atoms with Crippen LogP contribution in [0, 0.1) is 18.8 Å². The van der Waals surface area contributed by atoms with E-state index in [9.17, 15) is 0 Å². The highest BCUT2D eigenvalue weighted by Gasteiger charge is 2.40. The van der Waals surface area contributed by atoms with Gasteiger partial charge in [0.15, 0.2) is 0 Å². The highest BCUT2D eigenvalue weighted by Crippen LogP contribution is 2.47. The van der Waals surface area contributed by atoms with Crippen molar-refractivity contribution in [2.45, 2.75) is 39.7 Å². The first kappa shape index (κ1) is 11.6. The monoisotopic (exact) mass is 218 g/mol. The van der Waals surface area contributed by atoms with Gasteiger partial charge in [-0.25, -0.2) is 0 Å². The van der Waals surface area contributed by atoms with Gasteiger partial charge in [0.2, 0.25) is 0 Å². The number of aromatic nitrogens is 1. The molecule has 0 amide bonds. The van der Waals surface area contributed by atoms with E-state index in [1.165, 1.54) is 24.0 Å². The highest BCUT2D eigenvalue weighted by molar-refractivity contribution is 5.27. The molecule has 1 heterocycles. The van der Waals surface area contributed by atoms with Gasteiger partial charge < -0.3 is 5.32 Å². The Morgan fingerprint density at radius 3 is 2.88 bits per heavy atom. The Balaban J connectivity index is 2.15. The van der Waals surface area contributed by atoms with Gasteiger partial charge in [-0.05, 0) is 55.3 Å². The zero-order chi connectivity index (χ0) is 11.5. The van der Waals surface area contributed by atoms with E-state index >= 15 is 0 Å². The maximum Gasteiger partial charge on any atom is 0.0369 e. The lowest BCUT2D eigenvalue weighted by molar-refractivity contribution is 0.460. The van der Waals surface area contributed by atoms with Crippen LogP contribution in [0.25, 0.3) is 0 Å². The number of pyridine rings is 1. The van der Waals surface area contributed by atoms with Gasteiger partial charge in [-0.3, -0.25) is 4.98 Å². The van der Waals surface area contributed by atoms with Gasteiger partial charge in [0.05, 0.1) is 0 Å². The third kappa shape index (κ3) is 2.43. The summed E-state index contributed by atoms with van der Waals surface area (Å²) in [6, 6.07) is 2.63. The first-order chi connectivity index (χ1) is 7.74. The fourth-order valence-electron chi connectivity index (χ4n) is 2.41. The number of aryl methyl sites for hydroxylation is 1. The SMILES string of the molecule is CCCNC(c1cnccc1C)C1CC1C. The Labute approximate surface area is 98.5 Å². The molecule has 1 aliphatic carbocycles. The van der Waals surface area contributed by atoms with Crippen LogP contribution in [-0.2, 0) is 0 Å². The molecule has 2 nitrogen and oxygen atoms in total. The summed E-state index contributed by atoms with van der Waals surface area (Å²) in [5.41, 5.74) is 2.76. The van der Waals surface area contributed by atoms with Crippen LogP contribution in [0.15, 0.2) is 18.5 Å². The molecule has 0 aromatic carbocycles. The third-order valence-corrected chi connectivity index (χ3v) is 3.63. The summed E-state index contributed by atoms with van der Waals surface area (Å²) in [7, 11) is 0. The molecule has 2 heteroatoms. The summed E-state index contributed by atoms with van der Waals surface area (Å²) < 4.78 is 0. The van der Waals surface area contributed by atoms with Gasteiger partial charge >= 0.3 is 0 Å². The lowest BCUT2D eigenvalue weighted by Gasteiger charge is -2.20. The molecule has 1 saturated carbocycles. The Morgan fingerprint density at radius 2 is 2.31 bits per heavy atom. The summed E-state index contributed by atoms with van der Waals surface area (Å²) >= 11 is 0. The molecule has 1 aliphatic rings. The van der Waals surface area contributed by atoms with Gasteiger partial charge in [-0.1, -0.05) is 13.8 Å². The van der Waals surface area contributed by atoms with E-state index < -0.39 is 0 Å². The van der Waals surface area contributed by atoms with Crippen molar-refractivity contribution in [3.8, 4) is 0 Å². The van der Waals surface area contributed by atoms with Crippen molar-refractivity contribution in [1.82, 2.24) is 10.3 Å². The van der Waals surface area contributed by atoms with Crippen LogP contribution in [0.4, 0.5) is 0 Å². The summed E-state index contributed by atoms with van der Waals surface area (Å²) in [6.07, 6.45) is 6.46. The molecular weight excluding hydrogens is 196 g/mol. The molecule has 1 aromatic heterocycles. The van der Waals surface area contributed by atoms with E-state index in [0.29, 0.717) is 6.04 Å². The zero-order valence-corrected chi connectivity index (χ0v) is 10.5. The molecule has 0 saturated heterocycles. The van der Waals surface area contributed by atoms with Crippen molar-refractivity contribution in [2.75, 3.05) is 6.54 Å². The van der Waals surface area contributed by atoms with Crippen LogP contribution in [0.1, 0.15) is 43.9 Å². The number of nitrogens with one attached hydrogen (secondary N) is 1. The maximum atomic E-state index is 4.27. The molecule has 1 fully saturated rings. The predicted octanol–water partition coefficient (Wildman–Crippen LogP) is 3.09. The van der Waals surface area contributed by atoms with Crippen molar-refractivity contribution >= 4 is 0 Å². The Bertz CT molecular complexity index is 348. The van der Waals surface area contributed by atoms with Gasteiger partial charge in [0.1, 0.15) is 0 Å². The quantitative estimate of drug-likeness (QED) is 0.821. The fraction of sp³-hybridized carbons (Fsp3) is 0.643. The minimum absolute atomic E-state index is 0.517. The fourth-order valence-corrected chi connectivity index (χ4v) is 2.41. The normalized spacial score (nSPS) is 25.4. The lowest BCUT2D eigenvalue weighted by Crippen LogP contribution is -2.25. The number of nitrogens with zero attached hydrogens (tertiary/aromatic N) is 1. The first-order valence-corrected chi connectivity index (χ1v) is 6.38. The van der Waals surface area contributed by atoms with Gasteiger partial charge in [-0.15, -0.1) is 0 Å². The minimum Gasteiger partial charge on any atom is -0.310 e. The average molecular weight is 218 g/mol. The smallest absolute Gasteiger partial charge is 0.0369 e. The van der Waals surface area contributed by atoms with Crippen LogP contribution in [0.3, 0.4) is 0 Å². The largest absolute Gasteiger partial charge is 0.310 e. The summed E-state index contributed by atoms with van der Waals surface area (Å²) in [6.45, 7) is 7.85. The molecule has 88 valence electrons. The number of hydrogen-bond donors (Lipinski definition) is 1. The molecule has 0 radical (unpaired) electrons. The second-order valence-electron chi connectivity index (χ2n) is 5.04. The maximum absolute atomic E-state index is 4.27. The van der Waals surface area contributed by atoms with Crippen molar-refractivity contribution in [3.63, 3.8) is 0 Å². The van der Waals surface area contributed by atoms with Crippen LogP contribution in [0.5, 0.6) is 0 Å². The van der Waals surface area contributed by atoms with Crippen molar-refractivity contribution in [3.05, 3.63) is 29.6 Å². The topological polar surface area (TPSA) is 24.9 Å². The van der Waals surface area contributed by atoms with Crippen molar-refractivity contribution < 1.29 is 0 Å². The van der Waals surface area contributed by atoms with E-state index in [4.69, 9.17) is 0 Å². The van der Waals surface area contributed by atoms with E-state index in [1.807, 2.05) is 12.4 Å². The molecule has 1 N–H and O–H groups in total. The van der Waals surface area contributed by atoms with Crippen LogP contribution in [-0.4, -0.2) is 11.5 Å². The van der Waals surface area contributed by atoms with E-state index in [-0.39, 0.29) is 0 Å². The molecule has 3 unspecified atom stereocenters. The molecule has 0 bridgehead atoms. The molecule has 2 rings (SSSR count). The summed E-state index contributed by atoms with van der Waals surface area (Å²) in [5, 5.41) is 3.68. The third-order valence-electron chi connectivity index (χ3n) is 3.63. The van der Waals surface area contributed by atoms with Gasteiger partial charge in [-0.2, -0.15) is 0 Å². The molecule has 0 spiro atoms. The minimum atomic E-state index is 0.517. The van der Waals surface area contributed by atoms with E-state index in [1.54, 1.807) is 0 Å². The average Bonchev–Trinajstić information content (AvgIpc) is 2.99.